The molecule has 3 aromatic rings. The van der Waals surface area contributed by atoms with Crippen LogP contribution in [-0.2, 0) is 0 Å². The molecule has 1 amide bonds. The minimum atomic E-state index is -0.348. The fourth-order valence-electron chi connectivity index (χ4n) is 2.16. The second kappa shape index (κ2) is 5.42. The molecular formula is C16H11ClN2O2. The minimum Gasteiger partial charge on any atom is -0.322 e. The highest BCUT2D eigenvalue weighted by molar-refractivity contribution is 6.31. The minimum absolute atomic E-state index is 0.315. The number of amides is 1. The Labute approximate surface area is 125 Å². The van der Waals surface area contributed by atoms with Crippen LogP contribution >= 0.6 is 11.6 Å². The van der Waals surface area contributed by atoms with Crippen molar-refractivity contribution < 1.29 is 4.79 Å². The third-order valence-electron chi connectivity index (χ3n) is 3.08. The van der Waals surface area contributed by atoms with Crippen molar-refractivity contribution in [3.05, 3.63) is 75.5 Å². The van der Waals surface area contributed by atoms with Crippen LogP contribution in [0.4, 0.5) is 5.69 Å². The van der Waals surface area contributed by atoms with Gasteiger partial charge < -0.3 is 10.3 Å². The van der Waals surface area contributed by atoms with Crippen LogP contribution in [0.15, 0.2) is 59.4 Å². The Morgan fingerprint density at radius 2 is 1.86 bits per heavy atom. The number of pyridine rings is 1. The Morgan fingerprint density at radius 1 is 1.05 bits per heavy atom. The van der Waals surface area contributed by atoms with Crippen LogP contribution < -0.4 is 10.9 Å². The maximum atomic E-state index is 12.4. The topological polar surface area (TPSA) is 62.0 Å². The first-order valence-corrected chi connectivity index (χ1v) is 6.70. The van der Waals surface area contributed by atoms with Crippen molar-refractivity contribution >= 4 is 34.1 Å². The van der Waals surface area contributed by atoms with Crippen LogP contribution in [0.5, 0.6) is 0 Å². The van der Waals surface area contributed by atoms with Gasteiger partial charge in [-0.05, 0) is 24.3 Å². The van der Waals surface area contributed by atoms with E-state index in [1.54, 1.807) is 42.5 Å². The largest absolute Gasteiger partial charge is 0.322 e. The van der Waals surface area contributed by atoms with Crippen LogP contribution in [0.1, 0.15) is 10.4 Å². The van der Waals surface area contributed by atoms with E-state index in [2.05, 4.69) is 10.3 Å². The molecule has 0 aliphatic heterocycles. The Kier molecular flexibility index (Phi) is 3.46. The molecule has 2 N–H and O–H groups in total. The van der Waals surface area contributed by atoms with Gasteiger partial charge in [-0.1, -0.05) is 35.9 Å². The van der Waals surface area contributed by atoms with Crippen LogP contribution in [0.3, 0.4) is 0 Å². The van der Waals surface area contributed by atoms with Crippen molar-refractivity contribution in [2.75, 3.05) is 5.32 Å². The van der Waals surface area contributed by atoms with Crippen LogP contribution in [0, 0.1) is 0 Å². The predicted molar refractivity (Wildman–Crippen MR) is 84.0 cm³/mol. The average Bonchev–Trinajstić information content (AvgIpc) is 2.46. The number of rotatable bonds is 2. The van der Waals surface area contributed by atoms with E-state index < -0.39 is 0 Å². The van der Waals surface area contributed by atoms with Gasteiger partial charge in [0.05, 0.1) is 5.56 Å². The number of aromatic amines is 1. The third kappa shape index (κ3) is 2.80. The molecule has 21 heavy (non-hydrogen) atoms. The molecule has 0 bridgehead atoms. The van der Waals surface area contributed by atoms with Crippen molar-refractivity contribution in [1.82, 2.24) is 4.98 Å². The second-order valence-electron chi connectivity index (χ2n) is 4.56. The molecular weight excluding hydrogens is 288 g/mol. The summed E-state index contributed by atoms with van der Waals surface area (Å²) < 4.78 is 0. The van der Waals surface area contributed by atoms with E-state index in [-0.39, 0.29) is 11.5 Å². The number of anilines is 1. The summed E-state index contributed by atoms with van der Waals surface area (Å²) in [5.74, 6) is -0.348. The van der Waals surface area contributed by atoms with Gasteiger partial charge in [-0.15, -0.1) is 0 Å². The Bertz CT molecular complexity index is 887. The summed E-state index contributed by atoms with van der Waals surface area (Å²) in [7, 11) is 0. The van der Waals surface area contributed by atoms with Gasteiger partial charge in [0.15, 0.2) is 0 Å². The zero-order valence-electron chi connectivity index (χ0n) is 10.9. The molecule has 0 atom stereocenters. The number of benzene rings is 2. The number of nitrogens with one attached hydrogen (secondary N) is 2. The Balaban J connectivity index is 2.04. The Morgan fingerprint density at radius 3 is 2.67 bits per heavy atom. The molecule has 5 heteroatoms. The molecule has 0 spiro atoms. The van der Waals surface area contributed by atoms with E-state index in [1.165, 1.54) is 6.07 Å². The van der Waals surface area contributed by atoms with E-state index in [1.807, 2.05) is 6.07 Å². The van der Waals surface area contributed by atoms with E-state index in [0.717, 1.165) is 0 Å². The molecule has 104 valence electrons. The van der Waals surface area contributed by atoms with Crippen molar-refractivity contribution in [2.45, 2.75) is 0 Å². The van der Waals surface area contributed by atoms with Crippen molar-refractivity contribution in [2.24, 2.45) is 0 Å². The number of hydrogen-bond donors (Lipinski definition) is 2. The lowest BCUT2D eigenvalue weighted by Gasteiger charge is -2.08. The molecule has 0 fully saturated rings. The number of carbonyl (C=O) groups is 1. The van der Waals surface area contributed by atoms with Gasteiger partial charge in [0, 0.05) is 27.7 Å². The first kappa shape index (κ1) is 13.4. The molecule has 4 nitrogen and oxygen atoms in total. The molecule has 3 rings (SSSR count). The first-order chi connectivity index (χ1) is 10.1. The van der Waals surface area contributed by atoms with Gasteiger partial charge in [0.25, 0.3) is 5.91 Å². The molecule has 0 unspecified atom stereocenters. The molecule has 2 aromatic carbocycles. The zero-order chi connectivity index (χ0) is 14.8. The van der Waals surface area contributed by atoms with E-state index in [0.29, 0.717) is 27.2 Å². The highest BCUT2D eigenvalue weighted by atomic mass is 35.5. The monoisotopic (exact) mass is 298 g/mol. The molecule has 0 saturated carbocycles. The summed E-state index contributed by atoms with van der Waals surface area (Å²) >= 11 is 5.89. The van der Waals surface area contributed by atoms with Gasteiger partial charge in [0.2, 0.25) is 5.56 Å². The summed E-state index contributed by atoms with van der Waals surface area (Å²) in [6.07, 6.45) is 0. The fraction of sp³-hybridized carbons (Fsp3) is 0. The molecule has 0 saturated heterocycles. The highest BCUT2D eigenvalue weighted by Crippen LogP contribution is 2.18. The Hall–Kier alpha value is -2.59. The maximum absolute atomic E-state index is 12.4. The third-order valence-corrected chi connectivity index (χ3v) is 3.31. The van der Waals surface area contributed by atoms with Crippen molar-refractivity contribution in [1.29, 1.82) is 0 Å². The number of para-hydroxylation sites is 1. The second-order valence-corrected chi connectivity index (χ2v) is 4.99. The lowest BCUT2D eigenvalue weighted by Crippen LogP contribution is -2.16. The average molecular weight is 299 g/mol. The van der Waals surface area contributed by atoms with E-state index >= 15 is 0 Å². The number of hydrogen-bond acceptors (Lipinski definition) is 2. The number of H-pyrrole nitrogens is 1. The zero-order valence-corrected chi connectivity index (χ0v) is 11.6. The maximum Gasteiger partial charge on any atom is 0.256 e. The standard InChI is InChI=1S/C16H11ClN2O2/c17-10-4-3-5-11(8-10)18-16(21)13-9-15(20)19-14-7-2-1-6-12(13)14/h1-9H,(H,18,21)(H,19,20). The van der Waals surface area contributed by atoms with Gasteiger partial charge in [0.1, 0.15) is 0 Å². The number of halogens is 1. The molecule has 0 aliphatic carbocycles. The predicted octanol–water partition coefficient (Wildman–Crippen LogP) is 3.43. The van der Waals surface area contributed by atoms with Crippen LogP contribution in [0.25, 0.3) is 10.9 Å². The van der Waals surface area contributed by atoms with Gasteiger partial charge in [-0.3, -0.25) is 9.59 Å². The quantitative estimate of drug-likeness (QED) is 0.761. The number of aromatic nitrogens is 1. The van der Waals surface area contributed by atoms with Gasteiger partial charge in [-0.2, -0.15) is 0 Å². The normalized spacial score (nSPS) is 10.5. The van der Waals surface area contributed by atoms with Crippen LogP contribution in [0.2, 0.25) is 5.02 Å². The fourth-order valence-corrected chi connectivity index (χ4v) is 2.35. The van der Waals surface area contributed by atoms with Gasteiger partial charge >= 0.3 is 0 Å². The summed E-state index contributed by atoms with van der Waals surface area (Å²) in [5.41, 5.74) is 1.22. The number of fused-ring (bicyclic) bond motifs is 1. The smallest absolute Gasteiger partial charge is 0.256 e. The molecule has 0 radical (unpaired) electrons. The molecule has 0 aliphatic rings. The molecule has 1 heterocycles. The van der Waals surface area contributed by atoms with E-state index in [9.17, 15) is 9.59 Å². The number of carbonyl (C=O) groups excluding carboxylic acids is 1. The lowest BCUT2D eigenvalue weighted by molar-refractivity contribution is 0.102. The SMILES string of the molecule is O=C(Nc1cccc(Cl)c1)c1cc(=O)[nH]c2ccccc12. The van der Waals surface area contributed by atoms with Crippen molar-refractivity contribution in [3.8, 4) is 0 Å². The lowest BCUT2D eigenvalue weighted by atomic mass is 10.1. The summed E-state index contributed by atoms with van der Waals surface area (Å²) in [6, 6.07) is 15.3. The van der Waals surface area contributed by atoms with Crippen molar-refractivity contribution in [3.63, 3.8) is 0 Å². The highest BCUT2D eigenvalue weighted by Gasteiger charge is 2.11. The summed E-state index contributed by atoms with van der Waals surface area (Å²) in [4.78, 5) is 26.7. The summed E-state index contributed by atoms with van der Waals surface area (Å²) in [6.45, 7) is 0. The van der Waals surface area contributed by atoms with Gasteiger partial charge in [-0.25, -0.2) is 0 Å². The van der Waals surface area contributed by atoms with E-state index in [4.69, 9.17) is 11.6 Å². The van der Waals surface area contributed by atoms with Crippen LogP contribution in [-0.4, -0.2) is 10.9 Å². The molecule has 1 aromatic heterocycles. The first-order valence-electron chi connectivity index (χ1n) is 6.32. The summed E-state index contributed by atoms with van der Waals surface area (Å²) in [5, 5.41) is 3.96.